The van der Waals surface area contributed by atoms with Gasteiger partial charge in [-0.05, 0) is 32.1 Å². The highest BCUT2D eigenvalue weighted by Gasteiger charge is 2.23. The van der Waals surface area contributed by atoms with E-state index in [1.807, 2.05) is 4.90 Å². The molecular formula is C12H20ClNO2. The maximum Gasteiger partial charge on any atom is 0.222 e. The summed E-state index contributed by atoms with van der Waals surface area (Å²) in [6.07, 6.45) is 6.16. The molecule has 0 aromatic carbocycles. The van der Waals surface area contributed by atoms with Crippen LogP contribution in [0, 0.1) is 0 Å². The molecule has 0 aromatic heterocycles. The van der Waals surface area contributed by atoms with Crippen molar-refractivity contribution in [1.29, 1.82) is 0 Å². The summed E-state index contributed by atoms with van der Waals surface area (Å²) in [4.78, 5) is 13.8. The van der Waals surface area contributed by atoms with Gasteiger partial charge in [-0.1, -0.05) is 0 Å². The fraction of sp³-hybridized carbons (Fsp3) is 0.917. The lowest BCUT2D eigenvalue weighted by Gasteiger charge is -2.30. The average Bonchev–Trinajstić information content (AvgIpc) is 2.78. The zero-order valence-electron chi connectivity index (χ0n) is 9.66. The van der Waals surface area contributed by atoms with Gasteiger partial charge in [0.05, 0.1) is 11.5 Å². The van der Waals surface area contributed by atoms with Crippen molar-refractivity contribution in [2.24, 2.45) is 0 Å². The molecule has 0 N–H and O–H groups in total. The number of nitrogens with zero attached hydrogens (tertiary/aromatic N) is 1. The van der Waals surface area contributed by atoms with E-state index in [2.05, 4.69) is 0 Å². The number of hydrogen-bond donors (Lipinski definition) is 0. The standard InChI is InChI=1S/C12H20ClNO2/c13-10-3-1-7-14(9-10)12(15)6-5-11-4-2-8-16-11/h10-11H,1-9H2. The van der Waals surface area contributed by atoms with Gasteiger partial charge >= 0.3 is 0 Å². The summed E-state index contributed by atoms with van der Waals surface area (Å²) in [5.41, 5.74) is 0. The van der Waals surface area contributed by atoms with Crippen molar-refractivity contribution < 1.29 is 9.53 Å². The summed E-state index contributed by atoms with van der Waals surface area (Å²) in [7, 11) is 0. The first-order valence-electron chi connectivity index (χ1n) is 6.29. The minimum Gasteiger partial charge on any atom is -0.378 e. The Morgan fingerprint density at radius 2 is 2.25 bits per heavy atom. The summed E-state index contributed by atoms with van der Waals surface area (Å²) >= 11 is 6.06. The number of piperidine rings is 1. The fourth-order valence-electron chi connectivity index (χ4n) is 2.47. The first-order valence-corrected chi connectivity index (χ1v) is 6.73. The number of hydrogen-bond acceptors (Lipinski definition) is 2. The van der Waals surface area contributed by atoms with E-state index in [1.165, 1.54) is 0 Å². The summed E-state index contributed by atoms with van der Waals surface area (Å²) in [5, 5.41) is 0.153. The van der Waals surface area contributed by atoms with Crippen molar-refractivity contribution in [2.75, 3.05) is 19.7 Å². The largest absolute Gasteiger partial charge is 0.378 e. The lowest BCUT2D eigenvalue weighted by Crippen LogP contribution is -2.40. The fourth-order valence-corrected chi connectivity index (χ4v) is 2.79. The molecule has 2 aliphatic heterocycles. The Hall–Kier alpha value is -0.280. The monoisotopic (exact) mass is 245 g/mol. The quantitative estimate of drug-likeness (QED) is 0.714. The number of halogens is 1. The molecule has 2 saturated heterocycles. The molecule has 0 radical (unpaired) electrons. The summed E-state index contributed by atoms with van der Waals surface area (Å²) in [6, 6.07) is 0. The highest BCUT2D eigenvalue weighted by molar-refractivity contribution is 6.20. The van der Waals surface area contributed by atoms with Crippen molar-refractivity contribution in [2.45, 2.75) is 50.0 Å². The molecule has 2 atom stereocenters. The van der Waals surface area contributed by atoms with Gasteiger partial charge in [0.2, 0.25) is 5.91 Å². The Balaban J connectivity index is 1.70. The van der Waals surface area contributed by atoms with Crippen LogP contribution < -0.4 is 0 Å². The normalized spacial score (nSPS) is 30.7. The maximum atomic E-state index is 11.9. The minimum atomic E-state index is 0.153. The zero-order valence-corrected chi connectivity index (χ0v) is 10.4. The summed E-state index contributed by atoms with van der Waals surface area (Å²) < 4.78 is 5.51. The Morgan fingerprint density at radius 1 is 1.38 bits per heavy atom. The molecule has 16 heavy (non-hydrogen) atoms. The van der Waals surface area contributed by atoms with Gasteiger partial charge in [-0.15, -0.1) is 11.6 Å². The smallest absolute Gasteiger partial charge is 0.222 e. The van der Waals surface area contributed by atoms with Gasteiger partial charge in [0.1, 0.15) is 0 Å². The van der Waals surface area contributed by atoms with Crippen molar-refractivity contribution in [3.63, 3.8) is 0 Å². The first-order chi connectivity index (χ1) is 7.75. The minimum absolute atomic E-state index is 0.153. The van der Waals surface area contributed by atoms with Crippen LogP contribution in [0.2, 0.25) is 0 Å². The molecule has 3 nitrogen and oxygen atoms in total. The Kier molecular flexibility index (Phi) is 4.47. The van der Waals surface area contributed by atoms with E-state index >= 15 is 0 Å². The molecule has 2 fully saturated rings. The van der Waals surface area contributed by atoms with Gasteiger partial charge in [-0.25, -0.2) is 0 Å². The summed E-state index contributed by atoms with van der Waals surface area (Å²) in [6.45, 7) is 2.48. The molecule has 0 aliphatic carbocycles. The highest BCUT2D eigenvalue weighted by atomic mass is 35.5. The number of carbonyl (C=O) groups is 1. The highest BCUT2D eigenvalue weighted by Crippen LogP contribution is 2.19. The lowest BCUT2D eigenvalue weighted by atomic mass is 10.1. The van der Waals surface area contributed by atoms with Crippen LogP contribution in [0.25, 0.3) is 0 Å². The van der Waals surface area contributed by atoms with Crippen molar-refractivity contribution in [3.8, 4) is 0 Å². The van der Waals surface area contributed by atoms with E-state index in [0.29, 0.717) is 12.5 Å². The van der Waals surface area contributed by atoms with Crippen molar-refractivity contribution in [3.05, 3.63) is 0 Å². The van der Waals surface area contributed by atoms with Crippen LogP contribution in [0.5, 0.6) is 0 Å². The van der Waals surface area contributed by atoms with Crippen LogP contribution in [0.3, 0.4) is 0 Å². The van der Waals surface area contributed by atoms with Crippen molar-refractivity contribution in [1.82, 2.24) is 4.90 Å². The number of carbonyl (C=O) groups excluding carboxylic acids is 1. The second-order valence-corrected chi connectivity index (χ2v) is 5.37. The molecule has 2 rings (SSSR count). The number of amides is 1. The number of ether oxygens (including phenoxy) is 1. The molecule has 0 aromatic rings. The predicted molar refractivity (Wildman–Crippen MR) is 63.7 cm³/mol. The molecular weight excluding hydrogens is 226 g/mol. The second-order valence-electron chi connectivity index (χ2n) is 4.75. The van der Waals surface area contributed by atoms with Crippen LogP contribution >= 0.6 is 11.6 Å². The predicted octanol–water partition coefficient (Wildman–Crippen LogP) is 2.18. The van der Waals surface area contributed by atoms with E-state index < -0.39 is 0 Å². The van der Waals surface area contributed by atoms with Crippen LogP contribution in [0.15, 0.2) is 0 Å². The van der Waals surface area contributed by atoms with E-state index in [-0.39, 0.29) is 11.3 Å². The van der Waals surface area contributed by atoms with Gasteiger partial charge in [0, 0.05) is 26.1 Å². The van der Waals surface area contributed by atoms with Crippen LogP contribution in [-0.4, -0.2) is 42.0 Å². The summed E-state index contributed by atoms with van der Waals surface area (Å²) in [5.74, 6) is 0.251. The lowest BCUT2D eigenvalue weighted by molar-refractivity contribution is -0.132. The molecule has 2 heterocycles. The average molecular weight is 246 g/mol. The zero-order chi connectivity index (χ0) is 11.4. The van der Waals surface area contributed by atoms with Crippen LogP contribution in [-0.2, 0) is 9.53 Å². The van der Waals surface area contributed by atoms with Gasteiger partial charge in [-0.2, -0.15) is 0 Å². The molecule has 0 spiro atoms. The van der Waals surface area contributed by atoms with Gasteiger partial charge < -0.3 is 9.64 Å². The van der Waals surface area contributed by atoms with Gasteiger partial charge in [0.25, 0.3) is 0 Å². The maximum absolute atomic E-state index is 11.9. The topological polar surface area (TPSA) is 29.5 Å². The van der Waals surface area contributed by atoms with E-state index in [9.17, 15) is 4.79 Å². The van der Waals surface area contributed by atoms with Crippen molar-refractivity contribution >= 4 is 17.5 Å². The third kappa shape index (κ3) is 3.36. The number of likely N-dealkylation sites (tertiary alicyclic amines) is 1. The Labute approximate surface area is 102 Å². The van der Waals surface area contributed by atoms with E-state index in [4.69, 9.17) is 16.3 Å². The molecule has 2 aliphatic rings. The van der Waals surface area contributed by atoms with Gasteiger partial charge in [0.15, 0.2) is 0 Å². The Morgan fingerprint density at radius 3 is 2.94 bits per heavy atom. The van der Waals surface area contributed by atoms with Crippen LogP contribution in [0.1, 0.15) is 38.5 Å². The van der Waals surface area contributed by atoms with Gasteiger partial charge in [-0.3, -0.25) is 4.79 Å². The Bertz CT molecular complexity index is 241. The molecule has 4 heteroatoms. The van der Waals surface area contributed by atoms with E-state index in [1.54, 1.807) is 0 Å². The molecule has 92 valence electrons. The second kappa shape index (κ2) is 5.87. The molecule has 0 saturated carbocycles. The molecule has 1 amide bonds. The van der Waals surface area contributed by atoms with E-state index in [0.717, 1.165) is 51.8 Å². The number of alkyl halides is 1. The molecule has 0 bridgehead atoms. The van der Waals surface area contributed by atoms with Crippen LogP contribution in [0.4, 0.5) is 0 Å². The first kappa shape index (κ1) is 12.2. The molecule has 2 unspecified atom stereocenters. The third-order valence-corrected chi connectivity index (χ3v) is 3.78. The SMILES string of the molecule is O=C(CCC1CCCO1)N1CCCC(Cl)C1. The number of rotatable bonds is 3. The third-order valence-electron chi connectivity index (χ3n) is 3.42.